The van der Waals surface area contributed by atoms with Crippen molar-refractivity contribution in [3.63, 3.8) is 0 Å². The second-order valence-electron chi connectivity index (χ2n) is 9.76. The van der Waals surface area contributed by atoms with Gasteiger partial charge in [0.15, 0.2) is 11.6 Å². The highest BCUT2D eigenvalue weighted by Gasteiger charge is 2.25. The first-order chi connectivity index (χ1) is 20.0. The van der Waals surface area contributed by atoms with Gasteiger partial charge in [0, 0.05) is 40.8 Å². The molecular formula is C35H31NO5. The minimum absolute atomic E-state index is 0.0611. The molecule has 5 aromatic rings. The number of methoxy groups -OCH3 is 3. The fourth-order valence-corrected chi connectivity index (χ4v) is 4.95. The summed E-state index contributed by atoms with van der Waals surface area (Å²) in [6, 6.07) is 31.7. The minimum atomic E-state index is -0.423. The summed E-state index contributed by atoms with van der Waals surface area (Å²) >= 11 is 0. The Morgan fingerprint density at radius 2 is 1.10 bits per heavy atom. The number of aromatic nitrogens is 1. The molecule has 1 aromatic heterocycles. The third kappa shape index (κ3) is 6.28. The van der Waals surface area contributed by atoms with Gasteiger partial charge in [-0.1, -0.05) is 18.2 Å². The van der Waals surface area contributed by atoms with Gasteiger partial charge >= 0.3 is 0 Å². The first kappa shape index (κ1) is 27.6. The van der Waals surface area contributed by atoms with E-state index in [0.29, 0.717) is 22.6 Å². The second-order valence-corrected chi connectivity index (χ2v) is 9.76. The summed E-state index contributed by atoms with van der Waals surface area (Å²) in [5.41, 5.74) is 4.42. The number of nitrogens with zero attached hydrogens (tertiary/aromatic N) is 1. The average Bonchev–Trinajstić information content (AvgIpc) is 3.03. The van der Waals surface area contributed by atoms with E-state index in [4.69, 9.17) is 19.2 Å². The van der Waals surface area contributed by atoms with E-state index in [0.717, 1.165) is 33.5 Å². The summed E-state index contributed by atoms with van der Waals surface area (Å²) in [5, 5.41) is 0.943. The van der Waals surface area contributed by atoms with Crippen molar-refractivity contribution in [3.8, 4) is 28.5 Å². The quantitative estimate of drug-likeness (QED) is 0.160. The number of benzene rings is 4. The zero-order valence-electron chi connectivity index (χ0n) is 23.3. The lowest BCUT2D eigenvalue weighted by Gasteiger charge is -2.21. The zero-order valence-corrected chi connectivity index (χ0v) is 23.3. The van der Waals surface area contributed by atoms with Crippen molar-refractivity contribution in [2.45, 2.75) is 18.8 Å². The second kappa shape index (κ2) is 12.5. The Morgan fingerprint density at radius 3 is 1.59 bits per heavy atom. The summed E-state index contributed by atoms with van der Waals surface area (Å²) in [6.45, 7) is 0. The van der Waals surface area contributed by atoms with E-state index in [2.05, 4.69) is 6.07 Å². The number of ketones is 2. The first-order valence-electron chi connectivity index (χ1n) is 13.4. The van der Waals surface area contributed by atoms with E-state index in [1.165, 1.54) is 0 Å². The van der Waals surface area contributed by atoms with Crippen LogP contribution in [-0.4, -0.2) is 37.9 Å². The van der Waals surface area contributed by atoms with Crippen LogP contribution in [0.2, 0.25) is 0 Å². The van der Waals surface area contributed by atoms with Gasteiger partial charge in [0.05, 0.1) is 32.5 Å². The van der Waals surface area contributed by atoms with Gasteiger partial charge in [0.2, 0.25) is 0 Å². The van der Waals surface area contributed by atoms with Gasteiger partial charge in [-0.3, -0.25) is 9.59 Å². The highest BCUT2D eigenvalue weighted by molar-refractivity contribution is 6.00. The van der Waals surface area contributed by atoms with Gasteiger partial charge < -0.3 is 14.2 Å². The van der Waals surface area contributed by atoms with Crippen molar-refractivity contribution in [1.82, 2.24) is 4.98 Å². The number of carbonyl (C=O) groups is 2. The monoisotopic (exact) mass is 545 g/mol. The van der Waals surface area contributed by atoms with Crippen LogP contribution in [0.3, 0.4) is 0 Å². The molecule has 0 aliphatic heterocycles. The molecule has 0 saturated carbocycles. The predicted molar refractivity (Wildman–Crippen MR) is 160 cm³/mol. The van der Waals surface area contributed by atoms with E-state index in [1.54, 1.807) is 69.9 Å². The molecular weight excluding hydrogens is 514 g/mol. The Hall–Kier alpha value is -4.97. The molecule has 0 unspecified atom stereocenters. The lowest BCUT2D eigenvalue weighted by atomic mass is 9.83. The highest BCUT2D eigenvalue weighted by Crippen LogP contribution is 2.37. The third-order valence-corrected chi connectivity index (χ3v) is 7.24. The molecule has 0 amide bonds. The molecule has 0 atom stereocenters. The predicted octanol–water partition coefficient (Wildman–Crippen LogP) is 7.56. The molecule has 6 heteroatoms. The van der Waals surface area contributed by atoms with Gasteiger partial charge in [0.25, 0.3) is 0 Å². The number of carbonyl (C=O) groups excluding carboxylic acids is 2. The molecule has 6 nitrogen and oxygen atoms in total. The van der Waals surface area contributed by atoms with Crippen molar-refractivity contribution in [2.75, 3.05) is 21.3 Å². The van der Waals surface area contributed by atoms with Crippen LogP contribution in [0.5, 0.6) is 17.2 Å². The van der Waals surface area contributed by atoms with Crippen molar-refractivity contribution < 1.29 is 23.8 Å². The SMILES string of the molecule is COc1ccc(C(=O)CC(CC(=O)c2ccc(OC)cc2)c2cc3ccccc3nc2-c2ccc(OC)cc2)cc1. The lowest BCUT2D eigenvalue weighted by Crippen LogP contribution is -2.14. The number of hydrogen-bond donors (Lipinski definition) is 0. The molecule has 0 bridgehead atoms. The van der Waals surface area contributed by atoms with E-state index in [1.807, 2.05) is 48.5 Å². The number of ether oxygens (including phenoxy) is 3. The topological polar surface area (TPSA) is 74.7 Å². The molecule has 0 fully saturated rings. The highest BCUT2D eigenvalue weighted by atomic mass is 16.5. The molecule has 0 N–H and O–H groups in total. The maximum absolute atomic E-state index is 13.6. The van der Waals surface area contributed by atoms with Crippen molar-refractivity contribution in [3.05, 3.63) is 120 Å². The standard InChI is InChI=1S/C35H31NO5/c1-39-28-14-8-23(9-15-28)33(37)21-27(22-34(38)24-10-16-29(40-2)17-11-24)31-20-26-6-4-5-7-32(26)36-35(31)25-12-18-30(41-3)19-13-25/h4-20,27H,21-22H2,1-3H3. The number of Topliss-reactive ketones (excluding diaryl/α,β-unsaturated/α-hetero) is 2. The summed E-state index contributed by atoms with van der Waals surface area (Å²) in [7, 11) is 4.80. The Bertz CT molecular complexity index is 1600. The van der Waals surface area contributed by atoms with Crippen LogP contribution in [0.4, 0.5) is 0 Å². The zero-order chi connectivity index (χ0) is 28.8. The molecule has 5 rings (SSSR count). The van der Waals surface area contributed by atoms with E-state index in [-0.39, 0.29) is 24.4 Å². The Labute approximate surface area is 239 Å². The number of rotatable bonds is 11. The molecule has 1 heterocycles. The maximum Gasteiger partial charge on any atom is 0.163 e. The summed E-state index contributed by atoms with van der Waals surface area (Å²) < 4.78 is 15.9. The van der Waals surface area contributed by atoms with Gasteiger partial charge in [-0.2, -0.15) is 0 Å². The minimum Gasteiger partial charge on any atom is -0.497 e. The van der Waals surface area contributed by atoms with Crippen LogP contribution in [0, 0.1) is 0 Å². The van der Waals surface area contributed by atoms with Crippen molar-refractivity contribution in [1.29, 1.82) is 0 Å². The van der Waals surface area contributed by atoms with Crippen molar-refractivity contribution >= 4 is 22.5 Å². The van der Waals surface area contributed by atoms with E-state index in [9.17, 15) is 9.59 Å². The van der Waals surface area contributed by atoms with Crippen LogP contribution in [0.1, 0.15) is 45.0 Å². The van der Waals surface area contributed by atoms with E-state index < -0.39 is 5.92 Å². The van der Waals surface area contributed by atoms with Crippen LogP contribution < -0.4 is 14.2 Å². The summed E-state index contributed by atoms with van der Waals surface area (Å²) in [6.07, 6.45) is 0.273. The smallest absolute Gasteiger partial charge is 0.163 e. The first-order valence-corrected chi connectivity index (χ1v) is 13.4. The van der Waals surface area contributed by atoms with Gasteiger partial charge in [-0.25, -0.2) is 4.98 Å². The molecule has 0 aliphatic carbocycles. The van der Waals surface area contributed by atoms with Crippen LogP contribution in [0.25, 0.3) is 22.2 Å². The Kier molecular flexibility index (Phi) is 8.39. The van der Waals surface area contributed by atoms with Gasteiger partial charge in [0.1, 0.15) is 17.2 Å². The third-order valence-electron chi connectivity index (χ3n) is 7.24. The molecule has 4 aromatic carbocycles. The number of fused-ring (bicyclic) bond motifs is 1. The van der Waals surface area contributed by atoms with Gasteiger partial charge in [-0.05, 0) is 90.5 Å². The number of para-hydroxylation sites is 1. The van der Waals surface area contributed by atoms with Gasteiger partial charge in [-0.15, -0.1) is 0 Å². The summed E-state index contributed by atoms with van der Waals surface area (Å²) in [5.74, 6) is 1.54. The lowest BCUT2D eigenvalue weighted by molar-refractivity contribution is 0.0944. The van der Waals surface area contributed by atoms with Crippen LogP contribution in [-0.2, 0) is 0 Å². The molecule has 0 radical (unpaired) electrons. The average molecular weight is 546 g/mol. The maximum atomic E-state index is 13.6. The molecule has 41 heavy (non-hydrogen) atoms. The molecule has 0 spiro atoms. The largest absolute Gasteiger partial charge is 0.497 e. The Balaban J connectivity index is 1.59. The molecule has 0 saturated heterocycles. The van der Waals surface area contributed by atoms with Crippen LogP contribution in [0.15, 0.2) is 103 Å². The number of pyridine rings is 1. The number of hydrogen-bond acceptors (Lipinski definition) is 6. The normalized spacial score (nSPS) is 10.9. The van der Waals surface area contributed by atoms with Crippen LogP contribution >= 0.6 is 0 Å². The van der Waals surface area contributed by atoms with Crippen molar-refractivity contribution in [2.24, 2.45) is 0 Å². The fraction of sp³-hybridized carbons (Fsp3) is 0.171. The fourth-order valence-electron chi connectivity index (χ4n) is 4.95. The summed E-state index contributed by atoms with van der Waals surface area (Å²) in [4.78, 5) is 32.3. The van der Waals surface area contributed by atoms with E-state index >= 15 is 0 Å². The molecule has 206 valence electrons. The Morgan fingerprint density at radius 1 is 0.634 bits per heavy atom. The molecule has 0 aliphatic rings.